The highest BCUT2D eigenvalue weighted by molar-refractivity contribution is 7.80. The number of nitrogens with zero attached hydrogens (tertiary/aromatic N) is 3. The summed E-state index contributed by atoms with van der Waals surface area (Å²) in [7, 11) is 0. The zero-order valence-corrected chi connectivity index (χ0v) is 26.4. The number of anilines is 3. The van der Waals surface area contributed by atoms with Crippen LogP contribution in [0.4, 0.5) is 17.1 Å². The van der Waals surface area contributed by atoms with Gasteiger partial charge >= 0.3 is 0 Å². The molecule has 1 amide bonds. The van der Waals surface area contributed by atoms with Gasteiger partial charge in [0.15, 0.2) is 10.9 Å². The molecule has 9 nitrogen and oxygen atoms in total. The lowest BCUT2D eigenvalue weighted by Gasteiger charge is -2.44. The van der Waals surface area contributed by atoms with Crippen molar-refractivity contribution < 1.29 is 14.3 Å². The zero-order chi connectivity index (χ0) is 30.4. The Morgan fingerprint density at radius 3 is 2.48 bits per heavy atom. The second-order valence-electron chi connectivity index (χ2n) is 11.9. The molecule has 4 aliphatic rings. The quantitative estimate of drug-likeness (QED) is 0.354. The SMILES string of the molecule is O=C(c1ccc(N2CC3CC(C2)c2cccc(=O)n2C3)c(NC(=S)Nc2ccc(Cl)cc2Cl)c1)N1CCC2(CC1)OCCO2. The van der Waals surface area contributed by atoms with E-state index in [1.54, 1.807) is 24.3 Å². The maximum absolute atomic E-state index is 13.7. The van der Waals surface area contributed by atoms with Gasteiger partial charge in [0.1, 0.15) is 0 Å². The number of fused-ring (bicyclic) bond motifs is 4. The van der Waals surface area contributed by atoms with Gasteiger partial charge in [0.2, 0.25) is 0 Å². The molecule has 0 aliphatic carbocycles. The number of pyridine rings is 1. The van der Waals surface area contributed by atoms with Crippen LogP contribution >= 0.6 is 35.4 Å². The molecule has 0 saturated carbocycles. The van der Waals surface area contributed by atoms with Crippen molar-refractivity contribution in [1.29, 1.82) is 0 Å². The highest BCUT2D eigenvalue weighted by atomic mass is 35.5. The molecule has 1 aromatic heterocycles. The fourth-order valence-corrected chi connectivity index (χ4v) is 7.70. The minimum absolute atomic E-state index is 0.0455. The summed E-state index contributed by atoms with van der Waals surface area (Å²) in [5.74, 6) is -0.0428. The van der Waals surface area contributed by atoms with Crippen molar-refractivity contribution in [2.24, 2.45) is 5.92 Å². The van der Waals surface area contributed by atoms with Crippen LogP contribution in [0.1, 0.15) is 41.2 Å². The molecule has 4 aliphatic heterocycles. The van der Waals surface area contributed by atoms with E-state index in [9.17, 15) is 9.59 Å². The van der Waals surface area contributed by atoms with Crippen LogP contribution in [0.15, 0.2) is 59.4 Å². The van der Waals surface area contributed by atoms with Crippen molar-refractivity contribution in [3.8, 4) is 0 Å². The number of hydrogen-bond acceptors (Lipinski definition) is 6. The number of piperidine rings is 2. The number of aromatic nitrogens is 1. The topological polar surface area (TPSA) is 88.1 Å². The van der Waals surface area contributed by atoms with Gasteiger partial charge in [-0.2, -0.15) is 0 Å². The molecule has 2 N–H and O–H groups in total. The second kappa shape index (κ2) is 12.0. The van der Waals surface area contributed by atoms with Crippen LogP contribution in [-0.4, -0.2) is 65.7 Å². The van der Waals surface area contributed by atoms with Crippen molar-refractivity contribution in [2.75, 3.05) is 54.9 Å². The Balaban J connectivity index is 1.16. The average molecular weight is 655 g/mol. The fourth-order valence-electron chi connectivity index (χ4n) is 7.02. The molecular weight excluding hydrogens is 621 g/mol. The van der Waals surface area contributed by atoms with E-state index in [1.807, 2.05) is 33.7 Å². The number of thiocarbonyl (C=S) groups is 1. The number of likely N-dealkylation sites (tertiary alicyclic amines) is 1. The molecular formula is C32H33Cl2N5O4S. The van der Waals surface area contributed by atoms with E-state index in [2.05, 4.69) is 21.6 Å². The summed E-state index contributed by atoms with van der Waals surface area (Å²) >= 11 is 18.2. The number of nitrogens with one attached hydrogen (secondary N) is 2. The number of benzene rings is 2. The Hall–Kier alpha value is -3.15. The minimum Gasteiger partial charge on any atom is -0.369 e. The standard InChI is InChI=1S/C32H33Cl2N5O4S/c33-23-5-6-25(24(34)16-23)35-31(44)36-26-15-21(30(41)37-10-8-32(9-11-37)42-12-13-43-32)4-7-28(26)38-17-20-14-22(19-38)27-2-1-3-29(40)39(27)18-20/h1-7,15-16,20,22H,8-14,17-19H2,(H2,35,36,44). The van der Waals surface area contributed by atoms with Gasteiger partial charge in [-0.05, 0) is 67.0 Å². The molecule has 2 bridgehead atoms. The third-order valence-electron chi connectivity index (χ3n) is 9.12. The lowest BCUT2D eigenvalue weighted by Crippen LogP contribution is -2.47. The maximum atomic E-state index is 13.7. The molecule has 0 radical (unpaired) electrons. The molecule has 2 unspecified atom stereocenters. The minimum atomic E-state index is -0.551. The van der Waals surface area contributed by atoms with Crippen molar-refractivity contribution in [3.63, 3.8) is 0 Å². The third-order valence-corrected chi connectivity index (χ3v) is 9.87. The Kier molecular flexibility index (Phi) is 8.05. The smallest absolute Gasteiger partial charge is 0.253 e. The lowest BCUT2D eigenvalue weighted by atomic mass is 9.83. The predicted octanol–water partition coefficient (Wildman–Crippen LogP) is 5.57. The molecule has 3 fully saturated rings. The van der Waals surface area contributed by atoms with E-state index < -0.39 is 5.79 Å². The number of carbonyl (C=O) groups excluding carboxylic acids is 1. The van der Waals surface area contributed by atoms with Crippen LogP contribution in [0.2, 0.25) is 10.0 Å². The molecule has 44 heavy (non-hydrogen) atoms. The van der Waals surface area contributed by atoms with Gasteiger partial charge in [-0.15, -0.1) is 0 Å². The average Bonchev–Trinajstić information content (AvgIpc) is 3.47. The van der Waals surface area contributed by atoms with E-state index in [4.69, 9.17) is 44.9 Å². The molecule has 7 rings (SSSR count). The van der Waals surface area contributed by atoms with Gasteiger partial charge in [-0.25, -0.2) is 0 Å². The molecule has 2 atom stereocenters. The normalized spacial score (nSPS) is 22.0. The monoisotopic (exact) mass is 653 g/mol. The van der Waals surface area contributed by atoms with Gasteiger partial charge in [-0.3, -0.25) is 9.59 Å². The van der Waals surface area contributed by atoms with Crippen LogP contribution in [0.3, 0.4) is 0 Å². The predicted molar refractivity (Wildman–Crippen MR) is 176 cm³/mol. The fraction of sp³-hybridized carbons (Fsp3) is 0.406. The molecule has 5 heterocycles. The third kappa shape index (κ3) is 5.81. The molecule has 230 valence electrons. The van der Waals surface area contributed by atoms with Crippen LogP contribution in [0, 0.1) is 5.92 Å². The Labute approximate surface area is 271 Å². The first-order chi connectivity index (χ1) is 21.3. The van der Waals surface area contributed by atoms with Crippen LogP contribution < -0.4 is 21.1 Å². The second-order valence-corrected chi connectivity index (χ2v) is 13.2. The van der Waals surface area contributed by atoms with Gasteiger partial charge in [0.25, 0.3) is 11.5 Å². The molecule has 12 heteroatoms. The van der Waals surface area contributed by atoms with E-state index in [-0.39, 0.29) is 17.4 Å². The number of rotatable bonds is 4. The Bertz CT molecular complexity index is 1670. The highest BCUT2D eigenvalue weighted by Gasteiger charge is 2.41. The van der Waals surface area contributed by atoms with Crippen molar-refractivity contribution in [1.82, 2.24) is 9.47 Å². The number of amides is 1. The van der Waals surface area contributed by atoms with E-state index in [0.717, 1.165) is 36.6 Å². The molecule has 2 aromatic carbocycles. The summed E-state index contributed by atoms with van der Waals surface area (Å²) in [6, 6.07) is 16.5. The van der Waals surface area contributed by atoms with Crippen molar-refractivity contribution >= 4 is 63.5 Å². The number of hydrogen-bond donors (Lipinski definition) is 2. The van der Waals surface area contributed by atoms with E-state index >= 15 is 0 Å². The first-order valence-corrected chi connectivity index (χ1v) is 16.1. The summed E-state index contributed by atoms with van der Waals surface area (Å²) in [5.41, 5.74) is 3.99. The summed E-state index contributed by atoms with van der Waals surface area (Å²) < 4.78 is 13.6. The van der Waals surface area contributed by atoms with Crippen LogP contribution in [0.5, 0.6) is 0 Å². The summed E-state index contributed by atoms with van der Waals surface area (Å²) in [4.78, 5) is 30.5. The molecule has 1 spiro atoms. The maximum Gasteiger partial charge on any atom is 0.253 e. The molecule has 3 saturated heterocycles. The number of carbonyl (C=O) groups is 1. The summed E-state index contributed by atoms with van der Waals surface area (Å²) in [6.07, 6.45) is 2.34. The Morgan fingerprint density at radius 1 is 0.932 bits per heavy atom. The van der Waals surface area contributed by atoms with E-state index in [1.165, 1.54) is 0 Å². The summed E-state index contributed by atoms with van der Waals surface area (Å²) in [6.45, 7) is 4.55. The van der Waals surface area contributed by atoms with Crippen molar-refractivity contribution in [2.45, 2.75) is 37.5 Å². The number of ether oxygens (including phenoxy) is 2. The van der Waals surface area contributed by atoms with Gasteiger partial charge < -0.3 is 34.5 Å². The first-order valence-electron chi connectivity index (χ1n) is 15.0. The highest BCUT2D eigenvalue weighted by Crippen LogP contribution is 2.40. The van der Waals surface area contributed by atoms with Gasteiger partial charge in [-0.1, -0.05) is 29.3 Å². The van der Waals surface area contributed by atoms with Crippen molar-refractivity contribution in [3.05, 3.63) is 86.3 Å². The van der Waals surface area contributed by atoms with Gasteiger partial charge in [0.05, 0.1) is 35.3 Å². The van der Waals surface area contributed by atoms with Crippen LogP contribution in [-0.2, 0) is 16.0 Å². The van der Waals surface area contributed by atoms with E-state index in [0.29, 0.717) is 78.0 Å². The number of halogens is 2. The Morgan fingerprint density at radius 2 is 1.70 bits per heavy atom. The largest absolute Gasteiger partial charge is 0.369 e. The summed E-state index contributed by atoms with van der Waals surface area (Å²) in [5, 5.41) is 7.83. The first kappa shape index (κ1) is 29.6. The van der Waals surface area contributed by atoms with Gasteiger partial charge in [0, 0.05) is 73.8 Å². The molecule has 3 aromatic rings. The lowest BCUT2D eigenvalue weighted by molar-refractivity contribution is -0.181. The van der Waals surface area contributed by atoms with Crippen LogP contribution in [0.25, 0.3) is 0 Å². The zero-order valence-electron chi connectivity index (χ0n) is 24.1.